The molecule has 16 heavy (non-hydrogen) atoms. The zero-order chi connectivity index (χ0) is 12.0. The standard InChI is InChI=1S/C11H19N3O2/c1-4-6-7-12-10-9(11(15)16-5-2)13-8-14(10)3/h8,12H,4-7H2,1-3H3. The van der Waals surface area contributed by atoms with Crippen LogP contribution >= 0.6 is 0 Å². The molecule has 0 saturated heterocycles. The van der Waals surface area contributed by atoms with E-state index in [-0.39, 0.29) is 5.97 Å². The van der Waals surface area contributed by atoms with Crippen LogP contribution in [-0.4, -0.2) is 28.7 Å². The number of ether oxygens (including phenoxy) is 1. The lowest BCUT2D eigenvalue weighted by Crippen LogP contribution is -2.12. The predicted octanol–water partition coefficient (Wildman–Crippen LogP) is 1.81. The van der Waals surface area contributed by atoms with E-state index in [2.05, 4.69) is 17.2 Å². The summed E-state index contributed by atoms with van der Waals surface area (Å²) >= 11 is 0. The monoisotopic (exact) mass is 225 g/mol. The fourth-order valence-corrected chi connectivity index (χ4v) is 1.37. The van der Waals surface area contributed by atoms with Crippen LogP contribution in [0.5, 0.6) is 0 Å². The van der Waals surface area contributed by atoms with Crippen LogP contribution in [0.2, 0.25) is 0 Å². The van der Waals surface area contributed by atoms with Crippen LogP contribution < -0.4 is 5.32 Å². The molecule has 1 N–H and O–H groups in total. The predicted molar refractivity (Wildman–Crippen MR) is 62.6 cm³/mol. The fourth-order valence-electron chi connectivity index (χ4n) is 1.37. The number of carbonyl (C=O) groups is 1. The number of nitrogens with zero attached hydrogens (tertiary/aromatic N) is 2. The Labute approximate surface area is 95.8 Å². The molecule has 1 aromatic rings. The molecular weight excluding hydrogens is 206 g/mol. The molecule has 0 aliphatic heterocycles. The van der Waals surface area contributed by atoms with Crippen LogP contribution in [0.25, 0.3) is 0 Å². The molecule has 0 unspecified atom stereocenters. The highest BCUT2D eigenvalue weighted by atomic mass is 16.5. The van der Waals surface area contributed by atoms with Crippen molar-refractivity contribution >= 4 is 11.8 Å². The molecule has 90 valence electrons. The molecule has 0 aliphatic carbocycles. The molecule has 0 radical (unpaired) electrons. The molecule has 0 fully saturated rings. The first-order chi connectivity index (χ1) is 7.70. The molecule has 0 aliphatic rings. The maximum absolute atomic E-state index is 11.6. The van der Waals surface area contributed by atoms with Gasteiger partial charge in [-0.3, -0.25) is 0 Å². The maximum atomic E-state index is 11.6. The Balaban J connectivity index is 2.73. The maximum Gasteiger partial charge on any atom is 0.360 e. The van der Waals surface area contributed by atoms with Crippen LogP contribution in [-0.2, 0) is 11.8 Å². The highest BCUT2D eigenvalue weighted by Gasteiger charge is 2.17. The zero-order valence-corrected chi connectivity index (χ0v) is 10.1. The van der Waals surface area contributed by atoms with Gasteiger partial charge in [-0.15, -0.1) is 0 Å². The normalized spacial score (nSPS) is 10.2. The van der Waals surface area contributed by atoms with Crippen molar-refractivity contribution in [2.45, 2.75) is 26.7 Å². The third-order valence-electron chi connectivity index (χ3n) is 2.23. The van der Waals surface area contributed by atoms with Crippen molar-refractivity contribution in [1.29, 1.82) is 0 Å². The van der Waals surface area contributed by atoms with Crippen LogP contribution in [0.3, 0.4) is 0 Å². The van der Waals surface area contributed by atoms with E-state index >= 15 is 0 Å². The fraction of sp³-hybridized carbons (Fsp3) is 0.636. The number of carbonyl (C=O) groups excluding carboxylic acids is 1. The van der Waals surface area contributed by atoms with E-state index in [9.17, 15) is 4.79 Å². The van der Waals surface area contributed by atoms with Crippen LogP contribution in [0.4, 0.5) is 5.82 Å². The number of imidazole rings is 1. The minimum absolute atomic E-state index is 0.362. The highest BCUT2D eigenvalue weighted by molar-refractivity contribution is 5.92. The minimum atomic E-state index is -0.373. The number of unbranched alkanes of at least 4 members (excludes halogenated alkanes) is 1. The summed E-state index contributed by atoms with van der Waals surface area (Å²) in [7, 11) is 1.85. The molecule has 0 bridgehead atoms. The molecule has 0 saturated carbocycles. The second kappa shape index (κ2) is 6.15. The lowest BCUT2D eigenvalue weighted by Gasteiger charge is -2.08. The van der Waals surface area contributed by atoms with Gasteiger partial charge in [0.25, 0.3) is 0 Å². The first-order valence-electron chi connectivity index (χ1n) is 5.63. The van der Waals surface area contributed by atoms with Gasteiger partial charge in [0, 0.05) is 13.6 Å². The number of aromatic nitrogens is 2. The summed E-state index contributed by atoms with van der Waals surface area (Å²) in [6.45, 7) is 5.11. The SMILES string of the molecule is CCCCNc1c(C(=O)OCC)ncn1C. The van der Waals surface area contributed by atoms with E-state index in [1.165, 1.54) is 0 Å². The average molecular weight is 225 g/mol. The molecule has 0 amide bonds. The summed E-state index contributed by atoms with van der Waals surface area (Å²) in [5, 5.41) is 3.20. The topological polar surface area (TPSA) is 56.1 Å². The summed E-state index contributed by atoms with van der Waals surface area (Å²) in [5.74, 6) is 0.356. The van der Waals surface area contributed by atoms with E-state index in [4.69, 9.17) is 4.74 Å². The Bertz CT molecular complexity index is 347. The quantitative estimate of drug-likeness (QED) is 0.592. The third kappa shape index (κ3) is 2.98. The number of hydrogen-bond acceptors (Lipinski definition) is 4. The summed E-state index contributed by atoms with van der Waals surface area (Å²) in [6, 6.07) is 0. The van der Waals surface area contributed by atoms with Crippen LogP contribution in [0.1, 0.15) is 37.2 Å². The lowest BCUT2D eigenvalue weighted by atomic mass is 10.3. The van der Waals surface area contributed by atoms with E-state index in [1.54, 1.807) is 17.8 Å². The molecule has 1 heterocycles. The first-order valence-corrected chi connectivity index (χ1v) is 5.63. The van der Waals surface area contributed by atoms with Gasteiger partial charge in [-0.05, 0) is 13.3 Å². The van der Waals surface area contributed by atoms with Crippen molar-refractivity contribution < 1.29 is 9.53 Å². The van der Waals surface area contributed by atoms with Crippen molar-refractivity contribution in [2.24, 2.45) is 7.05 Å². The summed E-state index contributed by atoms with van der Waals surface area (Å²) in [5.41, 5.74) is 0.362. The van der Waals surface area contributed by atoms with Crippen molar-refractivity contribution in [3.05, 3.63) is 12.0 Å². The lowest BCUT2D eigenvalue weighted by molar-refractivity contribution is 0.0521. The van der Waals surface area contributed by atoms with Crippen LogP contribution in [0, 0.1) is 0 Å². The Morgan fingerprint density at radius 3 is 2.94 bits per heavy atom. The summed E-state index contributed by atoms with van der Waals surface area (Å²) in [4.78, 5) is 15.6. The van der Waals surface area contributed by atoms with Gasteiger partial charge in [-0.1, -0.05) is 13.3 Å². The third-order valence-corrected chi connectivity index (χ3v) is 2.23. The smallest absolute Gasteiger partial charge is 0.360 e. The van der Waals surface area contributed by atoms with Crippen molar-refractivity contribution in [1.82, 2.24) is 9.55 Å². The number of nitrogens with one attached hydrogen (secondary N) is 1. The van der Waals surface area contributed by atoms with Crippen molar-refractivity contribution in [3.63, 3.8) is 0 Å². The van der Waals surface area contributed by atoms with Gasteiger partial charge in [0.2, 0.25) is 0 Å². The Kier molecular flexibility index (Phi) is 4.82. The van der Waals surface area contributed by atoms with E-state index in [1.807, 2.05) is 7.05 Å². The molecule has 0 aromatic carbocycles. The van der Waals surface area contributed by atoms with Gasteiger partial charge >= 0.3 is 5.97 Å². The zero-order valence-electron chi connectivity index (χ0n) is 10.1. The number of aryl methyl sites for hydroxylation is 1. The van der Waals surface area contributed by atoms with Gasteiger partial charge in [-0.2, -0.15) is 0 Å². The molecule has 5 heteroatoms. The number of anilines is 1. The molecule has 0 spiro atoms. The summed E-state index contributed by atoms with van der Waals surface area (Å²) in [6.07, 6.45) is 3.79. The van der Waals surface area contributed by atoms with E-state index < -0.39 is 0 Å². The molecule has 5 nitrogen and oxygen atoms in total. The number of rotatable bonds is 6. The molecular formula is C11H19N3O2. The Morgan fingerprint density at radius 1 is 1.56 bits per heavy atom. The van der Waals surface area contributed by atoms with Crippen molar-refractivity contribution in [2.75, 3.05) is 18.5 Å². The van der Waals surface area contributed by atoms with E-state index in [0.29, 0.717) is 12.3 Å². The first kappa shape index (κ1) is 12.5. The van der Waals surface area contributed by atoms with Gasteiger partial charge < -0.3 is 14.6 Å². The Morgan fingerprint density at radius 2 is 2.31 bits per heavy atom. The summed E-state index contributed by atoms with van der Waals surface area (Å²) < 4.78 is 6.73. The minimum Gasteiger partial charge on any atom is -0.461 e. The molecule has 1 aromatic heterocycles. The van der Waals surface area contributed by atoms with Gasteiger partial charge in [0.05, 0.1) is 12.9 Å². The largest absolute Gasteiger partial charge is 0.461 e. The van der Waals surface area contributed by atoms with E-state index in [0.717, 1.165) is 25.2 Å². The Hall–Kier alpha value is -1.52. The molecule has 1 rings (SSSR count). The number of esters is 1. The second-order valence-electron chi connectivity index (χ2n) is 3.55. The van der Waals surface area contributed by atoms with Crippen molar-refractivity contribution in [3.8, 4) is 0 Å². The van der Waals surface area contributed by atoms with Gasteiger partial charge in [0.15, 0.2) is 5.69 Å². The number of hydrogen-bond donors (Lipinski definition) is 1. The van der Waals surface area contributed by atoms with Crippen LogP contribution in [0.15, 0.2) is 6.33 Å². The highest BCUT2D eigenvalue weighted by Crippen LogP contribution is 2.14. The van der Waals surface area contributed by atoms with Gasteiger partial charge in [0.1, 0.15) is 5.82 Å². The second-order valence-corrected chi connectivity index (χ2v) is 3.55. The van der Waals surface area contributed by atoms with Gasteiger partial charge in [-0.25, -0.2) is 9.78 Å². The molecule has 0 atom stereocenters. The average Bonchev–Trinajstić information content (AvgIpc) is 2.61.